The monoisotopic (exact) mass is 282 g/mol. The van der Waals surface area contributed by atoms with Gasteiger partial charge in [0.1, 0.15) is 5.82 Å². The molecule has 21 heavy (non-hydrogen) atoms. The molecule has 1 aliphatic rings. The Balaban J connectivity index is 1.62. The van der Waals surface area contributed by atoms with E-state index in [0.717, 1.165) is 35.5 Å². The Labute approximate surface area is 123 Å². The van der Waals surface area contributed by atoms with Crippen molar-refractivity contribution >= 4 is 5.91 Å². The van der Waals surface area contributed by atoms with Gasteiger partial charge in [-0.2, -0.15) is 0 Å². The molecular weight excluding hydrogens is 264 g/mol. The molecular formula is C16H18N4O. The average molecular weight is 282 g/mol. The molecule has 3 rings (SSSR count). The standard InChI is InChI=1S/C16H18N4O/c1-10-5-11(2)17-6-13(10)7-20-16(21)14-8-18-15(19-9-14)12-3-4-12/h5-6,8-9,12H,3-4,7H2,1-2H3,(H,20,21). The molecule has 1 aliphatic carbocycles. The molecule has 5 nitrogen and oxygen atoms in total. The van der Waals surface area contributed by atoms with E-state index in [0.29, 0.717) is 18.0 Å². The molecule has 2 aromatic rings. The number of nitrogens with zero attached hydrogens (tertiary/aromatic N) is 3. The molecule has 1 N–H and O–H groups in total. The number of carbonyl (C=O) groups excluding carboxylic acids is 1. The molecule has 0 radical (unpaired) electrons. The highest BCUT2D eigenvalue weighted by Gasteiger charge is 2.26. The smallest absolute Gasteiger partial charge is 0.254 e. The van der Waals surface area contributed by atoms with Crippen molar-refractivity contribution in [3.63, 3.8) is 0 Å². The number of aromatic nitrogens is 3. The Hall–Kier alpha value is -2.30. The molecule has 2 heterocycles. The minimum atomic E-state index is -0.155. The maximum atomic E-state index is 12.1. The summed E-state index contributed by atoms with van der Waals surface area (Å²) in [6.07, 6.45) is 7.33. The second-order valence-electron chi connectivity index (χ2n) is 5.54. The van der Waals surface area contributed by atoms with Crippen molar-refractivity contribution < 1.29 is 4.79 Å². The average Bonchev–Trinajstić information content (AvgIpc) is 3.31. The zero-order chi connectivity index (χ0) is 14.8. The van der Waals surface area contributed by atoms with Gasteiger partial charge < -0.3 is 5.32 Å². The van der Waals surface area contributed by atoms with E-state index in [1.807, 2.05) is 19.9 Å². The second kappa shape index (κ2) is 5.60. The number of carbonyl (C=O) groups is 1. The van der Waals surface area contributed by atoms with Gasteiger partial charge in [0.2, 0.25) is 0 Å². The van der Waals surface area contributed by atoms with E-state index in [1.165, 1.54) is 0 Å². The topological polar surface area (TPSA) is 67.8 Å². The number of pyridine rings is 1. The minimum Gasteiger partial charge on any atom is -0.348 e. The Morgan fingerprint density at radius 2 is 1.90 bits per heavy atom. The highest BCUT2D eigenvalue weighted by Crippen LogP contribution is 2.37. The molecule has 0 atom stereocenters. The number of nitrogens with one attached hydrogen (secondary N) is 1. The van der Waals surface area contributed by atoms with Crippen molar-refractivity contribution in [3.8, 4) is 0 Å². The summed E-state index contributed by atoms with van der Waals surface area (Å²) < 4.78 is 0. The van der Waals surface area contributed by atoms with Gasteiger partial charge in [-0.15, -0.1) is 0 Å². The van der Waals surface area contributed by atoms with E-state index < -0.39 is 0 Å². The molecule has 2 aromatic heterocycles. The van der Waals surface area contributed by atoms with Crippen molar-refractivity contribution in [1.82, 2.24) is 20.3 Å². The quantitative estimate of drug-likeness (QED) is 0.934. The van der Waals surface area contributed by atoms with Crippen LogP contribution >= 0.6 is 0 Å². The second-order valence-corrected chi connectivity index (χ2v) is 5.54. The SMILES string of the molecule is Cc1cc(C)c(CNC(=O)c2cnc(C3CC3)nc2)cn1. The molecule has 0 aromatic carbocycles. The third-order valence-electron chi connectivity index (χ3n) is 3.67. The van der Waals surface area contributed by atoms with Gasteiger partial charge >= 0.3 is 0 Å². The van der Waals surface area contributed by atoms with Crippen molar-refractivity contribution in [2.24, 2.45) is 0 Å². The maximum absolute atomic E-state index is 12.1. The van der Waals surface area contributed by atoms with E-state index in [2.05, 4.69) is 20.3 Å². The summed E-state index contributed by atoms with van der Waals surface area (Å²) >= 11 is 0. The van der Waals surface area contributed by atoms with Crippen molar-refractivity contribution in [3.05, 3.63) is 52.9 Å². The van der Waals surface area contributed by atoms with Crippen molar-refractivity contribution in [2.75, 3.05) is 0 Å². The largest absolute Gasteiger partial charge is 0.348 e. The first kappa shape index (κ1) is 13.7. The first-order chi connectivity index (χ1) is 10.1. The molecule has 0 bridgehead atoms. The highest BCUT2D eigenvalue weighted by molar-refractivity contribution is 5.93. The lowest BCUT2D eigenvalue weighted by Crippen LogP contribution is -2.23. The number of hydrogen-bond donors (Lipinski definition) is 1. The third kappa shape index (κ3) is 3.24. The molecule has 0 spiro atoms. The van der Waals surface area contributed by atoms with Crippen LogP contribution in [0.2, 0.25) is 0 Å². The van der Waals surface area contributed by atoms with Gasteiger partial charge in [0.25, 0.3) is 5.91 Å². The van der Waals surface area contributed by atoms with Crippen LogP contribution in [0.4, 0.5) is 0 Å². The molecule has 5 heteroatoms. The summed E-state index contributed by atoms with van der Waals surface area (Å²) in [5.74, 6) is 1.20. The fourth-order valence-corrected chi connectivity index (χ4v) is 2.20. The lowest BCUT2D eigenvalue weighted by Gasteiger charge is -2.08. The van der Waals surface area contributed by atoms with Crippen molar-refractivity contribution in [1.29, 1.82) is 0 Å². The predicted octanol–water partition coefficient (Wildman–Crippen LogP) is 2.30. The van der Waals surface area contributed by atoms with Gasteiger partial charge in [0.05, 0.1) is 5.56 Å². The third-order valence-corrected chi connectivity index (χ3v) is 3.67. The Kier molecular flexibility index (Phi) is 3.64. The van der Waals surface area contributed by atoms with Crippen LogP contribution in [0.3, 0.4) is 0 Å². The van der Waals surface area contributed by atoms with E-state index >= 15 is 0 Å². The van der Waals surface area contributed by atoms with Crippen LogP contribution in [-0.2, 0) is 6.54 Å². The summed E-state index contributed by atoms with van der Waals surface area (Å²) in [6.45, 7) is 4.43. The zero-order valence-corrected chi connectivity index (χ0v) is 12.3. The summed E-state index contributed by atoms with van der Waals surface area (Å²) in [6, 6.07) is 2.01. The Morgan fingerprint density at radius 1 is 1.19 bits per heavy atom. The Bertz CT molecular complexity index is 662. The van der Waals surface area contributed by atoms with E-state index in [9.17, 15) is 4.79 Å². The van der Waals surface area contributed by atoms with Crippen LogP contribution in [0.15, 0.2) is 24.7 Å². The van der Waals surface area contributed by atoms with Crippen LogP contribution in [0.25, 0.3) is 0 Å². The van der Waals surface area contributed by atoms with Gasteiger partial charge in [0.15, 0.2) is 0 Å². The lowest BCUT2D eigenvalue weighted by atomic mass is 10.1. The molecule has 0 saturated heterocycles. The van der Waals surface area contributed by atoms with E-state index in [1.54, 1.807) is 18.6 Å². The van der Waals surface area contributed by atoms with Gasteiger partial charge in [-0.3, -0.25) is 9.78 Å². The van der Waals surface area contributed by atoms with Gasteiger partial charge in [-0.05, 0) is 43.9 Å². The molecule has 1 saturated carbocycles. The van der Waals surface area contributed by atoms with E-state index in [-0.39, 0.29) is 5.91 Å². The summed E-state index contributed by atoms with van der Waals surface area (Å²) in [5.41, 5.74) is 3.62. The number of aryl methyl sites for hydroxylation is 2. The van der Waals surface area contributed by atoms with Crippen LogP contribution in [0.5, 0.6) is 0 Å². The number of rotatable bonds is 4. The van der Waals surface area contributed by atoms with E-state index in [4.69, 9.17) is 0 Å². The predicted molar refractivity (Wildman–Crippen MR) is 78.9 cm³/mol. The molecule has 0 aliphatic heterocycles. The van der Waals surface area contributed by atoms with Crippen LogP contribution in [0, 0.1) is 13.8 Å². The molecule has 108 valence electrons. The Morgan fingerprint density at radius 3 is 2.52 bits per heavy atom. The fourth-order valence-electron chi connectivity index (χ4n) is 2.20. The fraction of sp³-hybridized carbons (Fsp3) is 0.375. The molecule has 0 unspecified atom stereocenters. The maximum Gasteiger partial charge on any atom is 0.254 e. The summed E-state index contributed by atoms with van der Waals surface area (Å²) in [5, 5.41) is 2.88. The zero-order valence-electron chi connectivity index (χ0n) is 12.3. The van der Waals surface area contributed by atoms with Crippen LogP contribution < -0.4 is 5.32 Å². The van der Waals surface area contributed by atoms with Gasteiger partial charge in [0, 0.05) is 36.7 Å². The van der Waals surface area contributed by atoms with Crippen LogP contribution in [0.1, 0.15) is 51.8 Å². The summed E-state index contributed by atoms with van der Waals surface area (Å²) in [7, 11) is 0. The van der Waals surface area contributed by atoms with Crippen molar-refractivity contribution in [2.45, 2.75) is 39.2 Å². The highest BCUT2D eigenvalue weighted by atomic mass is 16.1. The number of amides is 1. The normalized spacial score (nSPS) is 14.0. The summed E-state index contributed by atoms with van der Waals surface area (Å²) in [4.78, 5) is 24.9. The minimum absolute atomic E-state index is 0.155. The van der Waals surface area contributed by atoms with Crippen LogP contribution in [-0.4, -0.2) is 20.9 Å². The van der Waals surface area contributed by atoms with Gasteiger partial charge in [-0.1, -0.05) is 0 Å². The molecule has 1 fully saturated rings. The first-order valence-corrected chi connectivity index (χ1v) is 7.16. The van der Waals surface area contributed by atoms with Gasteiger partial charge in [-0.25, -0.2) is 9.97 Å². The first-order valence-electron chi connectivity index (χ1n) is 7.16. The lowest BCUT2D eigenvalue weighted by molar-refractivity contribution is 0.0950. The number of hydrogen-bond acceptors (Lipinski definition) is 4. The molecule has 1 amide bonds.